The van der Waals surface area contributed by atoms with Gasteiger partial charge in [0.15, 0.2) is 5.78 Å². The van der Waals surface area contributed by atoms with Gasteiger partial charge in [0, 0.05) is 27.9 Å². The van der Waals surface area contributed by atoms with Gasteiger partial charge in [0.05, 0.1) is 19.1 Å². The summed E-state index contributed by atoms with van der Waals surface area (Å²) in [5.41, 5.74) is 1.39. The van der Waals surface area contributed by atoms with Crippen LogP contribution in [-0.4, -0.2) is 34.5 Å². The third kappa shape index (κ3) is 6.37. The second-order valence-corrected chi connectivity index (χ2v) is 9.02. The van der Waals surface area contributed by atoms with Crippen LogP contribution in [0.15, 0.2) is 77.7 Å². The second-order valence-electron chi connectivity index (χ2n) is 6.90. The molecule has 0 saturated carbocycles. The van der Waals surface area contributed by atoms with Crippen LogP contribution in [-0.2, 0) is 10.0 Å². The summed E-state index contributed by atoms with van der Waals surface area (Å²) < 4.78 is 36.9. The lowest BCUT2D eigenvalue weighted by Crippen LogP contribution is -2.34. The van der Waals surface area contributed by atoms with E-state index in [1.807, 2.05) is 4.72 Å². The number of anilines is 1. The standard InChI is InChI=1S/C24H21ClN2O6S/c1-32-20-11-5-17(23(15-20)33-2)6-14-22(28)16-3-9-19(10-4-16)26-24(29)27-34(30,31)21-12-7-18(25)8-13-21/h3-15H,1-2H3,(H2,26,27,29)/b14-6+. The van der Waals surface area contributed by atoms with E-state index in [9.17, 15) is 18.0 Å². The lowest BCUT2D eigenvalue weighted by molar-refractivity contribution is 0.104. The van der Waals surface area contributed by atoms with Crippen LogP contribution < -0.4 is 19.5 Å². The van der Waals surface area contributed by atoms with Crippen molar-refractivity contribution in [1.29, 1.82) is 0 Å². The fourth-order valence-corrected chi connectivity index (χ4v) is 3.92. The van der Waals surface area contributed by atoms with Crippen molar-refractivity contribution in [1.82, 2.24) is 4.72 Å². The number of urea groups is 1. The number of carbonyl (C=O) groups excluding carboxylic acids is 2. The maximum absolute atomic E-state index is 12.5. The first-order valence-corrected chi connectivity index (χ1v) is 11.7. The van der Waals surface area contributed by atoms with Gasteiger partial charge in [-0.2, -0.15) is 0 Å². The molecular formula is C24H21ClN2O6S. The fraction of sp³-hybridized carbons (Fsp3) is 0.0833. The van der Waals surface area contributed by atoms with Gasteiger partial charge >= 0.3 is 6.03 Å². The molecule has 0 aliphatic carbocycles. The van der Waals surface area contributed by atoms with Crippen molar-refractivity contribution >= 4 is 45.2 Å². The van der Waals surface area contributed by atoms with Crippen LogP contribution in [0, 0.1) is 0 Å². The number of sulfonamides is 1. The first kappa shape index (κ1) is 24.8. The summed E-state index contributed by atoms with van der Waals surface area (Å²) in [5, 5.41) is 2.79. The zero-order chi connectivity index (χ0) is 24.7. The predicted octanol–water partition coefficient (Wildman–Crippen LogP) is 4.76. The molecule has 3 aromatic carbocycles. The number of rotatable bonds is 8. The lowest BCUT2D eigenvalue weighted by atomic mass is 10.1. The molecule has 34 heavy (non-hydrogen) atoms. The average Bonchev–Trinajstić information content (AvgIpc) is 2.82. The van der Waals surface area contributed by atoms with E-state index in [4.69, 9.17) is 21.1 Å². The Hall–Kier alpha value is -3.82. The number of benzene rings is 3. The lowest BCUT2D eigenvalue weighted by Gasteiger charge is -2.09. The van der Waals surface area contributed by atoms with Crippen LogP contribution in [0.5, 0.6) is 11.5 Å². The number of carbonyl (C=O) groups is 2. The number of ketones is 1. The van der Waals surface area contributed by atoms with Gasteiger partial charge in [-0.15, -0.1) is 0 Å². The average molecular weight is 501 g/mol. The van der Waals surface area contributed by atoms with Crippen LogP contribution in [0.4, 0.5) is 10.5 Å². The Balaban J connectivity index is 1.63. The van der Waals surface area contributed by atoms with Crippen LogP contribution in [0.2, 0.25) is 5.02 Å². The fourth-order valence-electron chi connectivity index (χ4n) is 2.89. The largest absolute Gasteiger partial charge is 0.497 e. The zero-order valence-electron chi connectivity index (χ0n) is 18.2. The van der Waals surface area contributed by atoms with Gasteiger partial charge < -0.3 is 14.8 Å². The number of hydrogen-bond donors (Lipinski definition) is 2. The molecule has 0 radical (unpaired) electrons. The van der Waals surface area contributed by atoms with E-state index in [2.05, 4.69) is 5.32 Å². The van der Waals surface area contributed by atoms with Gasteiger partial charge in [-0.05, 0) is 72.8 Å². The van der Waals surface area contributed by atoms with Gasteiger partial charge in [-0.3, -0.25) is 4.79 Å². The third-order valence-corrected chi connectivity index (χ3v) is 6.23. The van der Waals surface area contributed by atoms with E-state index in [1.54, 1.807) is 31.4 Å². The third-order valence-electron chi connectivity index (χ3n) is 4.63. The van der Waals surface area contributed by atoms with Crippen molar-refractivity contribution in [3.05, 3.63) is 89.0 Å². The van der Waals surface area contributed by atoms with Gasteiger partial charge in [-0.1, -0.05) is 11.6 Å². The van der Waals surface area contributed by atoms with Gasteiger partial charge in [0.25, 0.3) is 10.0 Å². The minimum Gasteiger partial charge on any atom is -0.497 e. The van der Waals surface area contributed by atoms with E-state index < -0.39 is 16.1 Å². The normalized spacial score (nSPS) is 11.1. The molecule has 3 aromatic rings. The highest BCUT2D eigenvalue weighted by atomic mass is 35.5. The maximum atomic E-state index is 12.5. The van der Waals surface area contributed by atoms with E-state index >= 15 is 0 Å². The summed E-state index contributed by atoms with van der Waals surface area (Å²) in [6, 6.07) is 15.7. The summed E-state index contributed by atoms with van der Waals surface area (Å²) >= 11 is 5.75. The van der Waals surface area contributed by atoms with Gasteiger partial charge in [0.2, 0.25) is 0 Å². The molecule has 3 rings (SSSR count). The summed E-state index contributed by atoms with van der Waals surface area (Å²) in [7, 11) is -0.990. The Kier molecular flexibility index (Phi) is 7.93. The van der Waals surface area contributed by atoms with Crippen LogP contribution in [0.1, 0.15) is 15.9 Å². The molecule has 0 atom stereocenters. The highest BCUT2D eigenvalue weighted by Gasteiger charge is 2.17. The quantitative estimate of drug-likeness (QED) is 0.340. The van der Waals surface area contributed by atoms with E-state index in [0.29, 0.717) is 33.3 Å². The van der Waals surface area contributed by atoms with Crippen molar-refractivity contribution in [2.24, 2.45) is 0 Å². The first-order chi connectivity index (χ1) is 16.2. The summed E-state index contributed by atoms with van der Waals surface area (Å²) in [4.78, 5) is 24.5. The molecule has 0 aromatic heterocycles. The molecule has 10 heteroatoms. The summed E-state index contributed by atoms with van der Waals surface area (Å²) in [5.74, 6) is 0.926. The van der Waals surface area contributed by atoms with Crippen molar-refractivity contribution in [3.8, 4) is 11.5 Å². The molecule has 0 bridgehead atoms. The summed E-state index contributed by atoms with van der Waals surface area (Å²) in [6.45, 7) is 0. The Morgan fingerprint density at radius 2 is 1.59 bits per heavy atom. The Bertz CT molecular complexity index is 1320. The van der Waals surface area contributed by atoms with Crippen molar-refractivity contribution in [2.45, 2.75) is 4.90 Å². The molecule has 0 spiro atoms. The number of amides is 2. The smallest absolute Gasteiger partial charge is 0.333 e. The molecule has 2 N–H and O–H groups in total. The second kappa shape index (κ2) is 10.9. The first-order valence-electron chi connectivity index (χ1n) is 9.86. The number of methoxy groups -OCH3 is 2. The molecule has 0 fully saturated rings. The molecule has 2 amide bonds. The van der Waals surface area contributed by atoms with Crippen molar-refractivity contribution < 1.29 is 27.5 Å². The van der Waals surface area contributed by atoms with Gasteiger partial charge in [0.1, 0.15) is 11.5 Å². The molecule has 0 aliphatic heterocycles. The SMILES string of the molecule is COc1ccc(/C=C/C(=O)c2ccc(NC(=O)NS(=O)(=O)c3ccc(Cl)cc3)cc2)c(OC)c1. The Morgan fingerprint density at radius 1 is 0.912 bits per heavy atom. The summed E-state index contributed by atoms with van der Waals surface area (Å²) in [6.07, 6.45) is 3.03. The van der Waals surface area contributed by atoms with Crippen LogP contribution in [0.3, 0.4) is 0 Å². The number of halogens is 1. The number of hydrogen-bond acceptors (Lipinski definition) is 6. The topological polar surface area (TPSA) is 111 Å². The molecular weight excluding hydrogens is 480 g/mol. The minimum atomic E-state index is -4.06. The predicted molar refractivity (Wildman–Crippen MR) is 130 cm³/mol. The van der Waals surface area contributed by atoms with Crippen molar-refractivity contribution in [3.63, 3.8) is 0 Å². The number of ether oxygens (including phenoxy) is 2. The van der Waals surface area contributed by atoms with E-state index in [1.165, 1.54) is 61.7 Å². The Morgan fingerprint density at radius 3 is 2.21 bits per heavy atom. The molecule has 8 nitrogen and oxygen atoms in total. The monoisotopic (exact) mass is 500 g/mol. The zero-order valence-corrected chi connectivity index (χ0v) is 19.8. The number of allylic oxidation sites excluding steroid dienone is 1. The molecule has 0 heterocycles. The van der Waals surface area contributed by atoms with E-state index in [0.717, 1.165) is 0 Å². The molecule has 176 valence electrons. The van der Waals surface area contributed by atoms with Crippen LogP contribution >= 0.6 is 11.6 Å². The minimum absolute atomic E-state index is 0.103. The van der Waals surface area contributed by atoms with Crippen LogP contribution in [0.25, 0.3) is 6.08 Å². The van der Waals surface area contributed by atoms with Gasteiger partial charge in [-0.25, -0.2) is 17.9 Å². The molecule has 0 aliphatic rings. The van der Waals surface area contributed by atoms with Crippen molar-refractivity contribution in [2.75, 3.05) is 19.5 Å². The highest BCUT2D eigenvalue weighted by Crippen LogP contribution is 2.25. The molecule has 0 unspecified atom stereocenters. The number of nitrogens with one attached hydrogen (secondary N) is 2. The Labute approximate surface area is 202 Å². The maximum Gasteiger partial charge on any atom is 0.333 e. The highest BCUT2D eigenvalue weighted by molar-refractivity contribution is 7.90. The molecule has 0 saturated heterocycles. The van der Waals surface area contributed by atoms with E-state index in [-0.39, 0.29) is 10.7 Å².